The minimum absolute atomic E-state index is 0.182. The summed E-state index contributed by atoms with van der Waals surface area (Å²) >= 11 is 0. The first-order chi connectivity index (χ1) is 11.7. The van der Waals surface area contributed by atoms with Gasteiger partial charge in [-0.05, 0) is 37.6 Å². The maximum absolute atomic E-state index is 12.6. The lowest BCUT2D eigenvalue weighted by Gasteiger charge is -2.32. The number of carbonyl (C=O) groups is 1. The number of hydrogen-bond donors (Lipinski definition) is 1. The Bertz CT molecular complexity index is 714. The highest BCUT2D eigenvalue weighted by Crippen LogP contribution is 2.29. The second-order valence-electron chi connectivity index (χ2n) is 6.16. The molecule has 0 spiro atoms. The van der Waals surface area contributed by atoms with Crippen molar-refractivity contribution in [1.29, 1.82) is 0 Å². The van der Waals surface area contributed by atoms with Crippen molar-refractivity contribution < 1.29 is 14.3 Å². The van der Waals surface area contributed by atoms with Crippen LogP contribution in [-0.2, 0) is 4.74 Å². The Labute approximate surface area is 142 Å². The molecule has 4 heteroatoms. The molecule has 2 aromatic carbocycles. The highest BCUT2D eigenvalue weighted by molar-refractivity contribution is 5.92. The summed E-state index contributed by atoms with van der Waals surface area (Å²) in [6.45, 7) is 3.68. The number of aryl methyl sites for hydroxylation is 1. The number of benzene rings is 2. The largest absolute Gasteiger partial charge is 0.496 e. The minimum atomic E-state index is -0.334. The third kappa shape index (κ3) is 3.60. The van der Waals surface area contributed by atoms with Crippen LogP contribution in [0.5, 0.6) is 5.75 Å². The fraction of sp³-hybridized carbons (Fsp3) is 0.350. The molecule has 24 heavy (non-hydrogen) atoms. The normalized spacial score (nSPS) is 20.4. The van der Waals surface area contributed by atoms with E-state index in [1.54, 1.807) is 19.2 Å². The molecule has 1 heterocycles. The standard InChI is InChI=1S/C20H23NO3/c1-14-6-5-7-15(12-14)16-10-11-21-13-19(16)24-20(22)17-8-3-4-9-18(17)23-2/h3-9,12,16,19,21H,10-11,13H2,1-2H3/t16?,19-/m0/s1. The Kier molecular flexibility index (Phi) is 5.16. The fourth-order valence-electron chi connectivity index (χ4n) is 3.25. The molecule has 0 aliphatic carbocycles. The third-order valence-electron chi connectivity index (χ3n) is 4.48. The van der Waals surface area contributed by atoms with Gasteiger partial charge in [0.25, 0.3) is 0 Å². The number of hydrogen-bond acceptors (Lipinski definition) is 4. The molecule has 0 aromatic heterocycles. The summed E-state index contributed by atoms with van der Waals surface area (Å²) in [5, 5.41) is 3.33. The zero-order chi connectivity index (χ0) is 16.9. The Morgan fingerprint density at radius 1 is 1.17 bits per heavy atom. The van der Waals surface area contributed by atoms with Gasteiger partial charge in [-0.3, -0.25) is 0 Å². The SMILES string of the molecule is COc1ccccc1C(=O)O[C@H]1CNCCC1c1cccc(C)c1. The molecule has 0 amide bonds. The first-order valence-electron chi connectivity index (χ1n) is 8.30. The molecule has 2 aromatic rings. The molecular weight excluding hydrogens is 302 g/mol. The maximum atomic E-state index is 12.6. The van der Waals surface area contributed by atoms with Crippen LogP contribution in [0.15, 0.2) is 48.5 Å². The van der Waals surface area contributed by atoms with Crippen LogP contribution in [0.4, 0.5) is 0 Å². The average molecular weight is 325 g/mol. The van der Waals surface area contributed by atoms with Gasteiger partial charge in [-0.1, -0.05) is 42.0 Å². The maximum Gasteiger partial charge on any atom is 0.342 e. The zero-order valence-corrected chi connectivity index (χ0v) is 14.1. The first kappa shape index (κ1) is 16.5. The van der Waals surface area contributed by atoms with Gasteiger partial charge in [0.05, 0.1) is 7.11 Å². The predicted molar refractivity (Wildman–Crippen MR) is 93.6 cm³/mol. The van der Waals surface area contributed by atoms with Gasteiger partial charge in [-0.15, -0.1) is 0 Å². The van der Waals surface area contributed by atoms with Crippen LogP contribution in [0.2, 0.25) is 0 Å². The molecular formula is C20H23NO3. The lowest BCUT2D eigenvalue weighted by Crippen LogP contribution is -2.42. The number of carbonyl (C=O) groups excluding carboxylic acids is 1. The predicted octanol–water partition coefficient (Wildman–Crippen LogP) is 3.31. The van der Waals surface area contributed by atoms with Crippen molar-refractivity contribution in [3.05, 3.63) is 65.2 Å². The summed E-state index contributed by atoms with van der Waals surface area (Å²) < 4.78 is 11.1. The number of nitrogens with one attached hydrogen (secondary N) is 1. The van der Waals surface area contributed by atoms with E-state index in [-0.39, 0.29) is 18.0 Å². The van der Waals surface area contributed by atoms with E-state index in [1.165, 1.54) is 11.1 Å². The summed E-state index contributed by atoms with van der Waals surface area (Å²) in [6.07, 6.45) is 0.769. The lowest BCUT2D eigenvalue weighted by molar-refractivity contribution is 0.0179. The first-order valence-corrected chi connectivity index (χ1v) is 8.30. The van der Waals surface area contributed by atoms with E-state index in [9.17, 15) is 4.79 Å². The van der Waals surface area contributed by atoms with E-state index in [4.69, 9.17) is 9.47 Å². The van der Waals surface area contributed by atoms with Crippen LogP contribution < -0.4 is 10.1 Å². The summed E-state index contributed by atoms with van der Waals surface area (Å²) in [5.41, 5.74) is 2.92. The molecule has 1 unspecified atom stereocenters. The number of methoxy groups -OCH3 is 1. The highest BCUT2D eigenvalue weighted by atomic mass is 16.5. The van der Waals surface area contributed by atoms with Crippen molar-refractivity contribution in [2.24, 2.45) is 0 Å². The van der Waals surface area contributed by atoms with Crippen molar-refractivity contribution in [3.63, 3.8) is 0 Å². The number of esters is 1. The van der Waals surface area contributed by atoms with E-state index in [0.29, 0.717) is 17.9 Å². The number of rotatable bonds is 4. The van der Waals surface area contributed by atoms with Gasteiger partial charge in [0.15, 0.2) is 0 Å². The molecule has 0 saturated carbocycles. The molecule has 4 nitrogen and oxygen atoms in total. The van der Waals surface area contributed by atoms with Crippen molar-refractivity contribution in [1.82, 2.24) is 5.32 Å². The van der Waals surface area contributed by atoms with E-state index in [1.807, 2.05) is 12.1 Å². The zero-order valence-electron chi connectivity index (χ0n) is 14.1. The molecule has 3 rings (SSSR count). The van der Waals surface area contributed by atoms with Crippen molar-refractivity contribution in [2.45, 2.75) is 25.4 Å². The van der Waals surface area contributed by atoms with Crippen molar-refractivity contribution >= 4 is 5.97 Å². The number of piperidine rings is 1. The minimum Gasteiger partial charge on any atom is -0.496 e. The van der Waals surface area contributed by atoms with Crippen molar-refractivity contribution in [3.8, 4) is 5.75 Å². The fourth-order valence-corrected chi connectivity index (χ4v) is 3.25. The second-order valence-corrected chi connectivity index (χ2v) is 6.16. The van der Waals surface area contributed by atoms with Crippen LogP contribution in [-0.4, -0.2) is 32.3 Å². The topological polar surface area (TPSA) is 47.6 Å². The van der Waals surface area contributed by atoms with Gasteiger partial charge < -0.3 is 14.8 Å². The summed E-state index contributed by atoms with van der Waals surface area (Å²) in [6, 6.07) is 15.6. The smallest absolute Gasteiger partial charge is 0.342 e. The molecule has 126 valence electrons. The lowest BCUT2D eigenvalue weighted by atomic mass is 9.87. The quantitative estimate of drug-likeness (QED) is 0.876. The Morgan fingerprint density at radius 3 is 2.79 bits per heavy atom. The molecule has 0 bridgehead atoms. The number of para-hydroxylation sites is 1. The molecule has 2 atom stereocenters. The van der Waals surface area contributed by atoms with Gasteiger partial charge in [-0.2, -0.15) is 0 Å². The molecule has 1 N–H and O–H groups in total. The Balaban J connectivity index is 1.80. The van der Waals surface area contributed by atoms with E-state index in [2.05, 4.69) is 36.5 Å². The van der Waals surface area contributed by atoms with Gasteiger partial charge in [0.1, 0.15) is 17.4 Å². The monoisotopic (exact) mass is 325 g/mol. The molecule has 1 aliphatic heterocycles. The van der Waals surface area contributed by atoms with Crippen molar-refractivity contribution in [2.75, 3.05) is 20.2 Å². The van der Waals surface area contributed by atoms with Crippen LogP contribution >= 0.6 is 0 Å². The van der Waals surface area contributed by atoms with Gasteiger partial charge in [0.2, 0.25) is 0 Å². The average Bonchev–Trinajstić information content (AvgIpc) is 2.62. The highest BCUT2D eigenvalue weighted by Gasteiger charge is 2.30. The Morgan fingerprint density at radius 2 is 2.00 bits per heavy atom. The third-order valence-corrected chi connectivity index (χ3v) is 4.48. The Hall–Kier alpha value is -2.33. The molecule has 1 saturated heterocycles. The van der Waals surface area contributed by atoms with Crippen LogP contribution in [0, 0.1) is 6.92 Å². The van der Waals surface area contributed by atoms with E-state index >= 15 is 0 Å². The van der Waals surface area contributed by atoms with E-state index in [0.717, 1.165) is 13.0 Å². The number of ether oxygens (including phenoxy) is 2. The summed E-state index contributed by atoms with van der Waals surface area (Å²) in [5.74, 6) is 0.419. The van der Waals surface area contributed by atoms with Crippen LogP contribution in [0.25, 0.3) is 0 Å². The second kappa shape index (κ2) is 7.49. The van der Waals surface area contributed by atoms with Gasteiger partial charge in [-0.25, -0.2) is 4.79 Å². The van der Waals surface area contributed by atoms with Gasteiger partial charge in [0, 0.05) is 12.5 Å². The molecule has 1 fully saturated rings. The van der Waals surface area contributed by atoms with Crippen LogP contribution in [0.1, 0.15) is 33.8 Å². The van der Waals surface area contributed by atoms with E-state index < -0.39 is 0 Å². The summed E-state index contributed by atoms with van der Waals surface area (Å²) in [7, 11) is 1.56. The van der Waals surface area contributed by atoms with Crippen LogP contribution in [0.3, 0.4) is 0 Å². The molecule has 0 radical (unpaired) electrons. The van der Waals surface area contributed by atoms with Gasteiger partial charge >= 0.3 is 5.97 Å². The molecule has 1 aliphatic rings. The summed E-state index contributed by atoms with van der Waals surface area (Å²) in [4.78, 5) is 12.6.